The molecule has 3 fully saturated rings. The fourth-order valence-electron chi connectivity index (χ4n) is 4.67. The van der Waals surface area contributed by atoms with Gasteiger partial charge in [-0.15, -0.1) is 0 Å². The van der Waals surface area contributed by atoms with E-state index in [1.54, 1.807) is 17.2 Å². The highest BCUT2D eigenvalue weighted by Gasteiger charge is 2.38. The lowest BCUT2D eigenvalue weighted by atomic mass is 9.98. The monoisotopic (exact) mass is 415 g/mol. The van der Waals surface area contributed by atoms with Gasteiger partial charge in [0.15, 0.2) is 0 Å². The van der Waals surface area contributed by atoms with Gasteiger partial charge in [0.1, 0.15) is 12.0 Å². The van der Waals surface area contributed by atoms with Crippen LogP contribution >= 0.6 is 0 Å². The Morgan fingerprint density at radius 2 is 1.93 bits per heavy atom. The van der Waals surface area contributed by atoms with Crippen LogP contribution in [0, 0.1) is 5.92 Å². The number of carbonyl (C=O) groups is 2. The Balaban J connectivity index is 1.40. The van der Waals surface area contributed by atoms with Crippen molar-refractivity contribution in [1.29, 1.82) is 0 Å². The van der Waals surface area contributed by atoms with E-state index < -0.39 is 0 Å². The van der Waals surface area contributed by atoms with Crippen molar-refractivity contribution < 1.29 is 14.3 Å². The maximum atomic E-state index is 12.7. The lowest BCUT2D eigenvalue weighted by Crippen LogP contribution is -2.55. The number of likely N-dealkylation sites (tertiary alicyclic amines) is 1. The van der Waals surface area contributed by atoms with E-state index in [0.717, 1.165) is 71.4 Å². The molecule has 2 saturated heterocycles. The lowest BCUT2D eigenvalue weighted by molar-refractivity contribution is -0.135. The molecule has 0 N–H and O–H groups in total. The first-order valence-corrected chi connectivity index (χ1v) is 11.3. The Labute approximate surface area is 178 Å². The summed E-state index contributed by atoms with van der Waals surface area (Å²) in [6.07, 6.45) is 9.29. The van der Waals surface area contributed by atoms with Crippen molar-refractivity contribution in [1.82, 2.24) is 24.7 Å². The minimum absolute atomic E-state index is 0.0847. The van der Waals surface area contributed by atoms with Crippen LogP contribution in [0.15, 0.2) is 18.6 Å². The van der Waals surface area contributed by atoms with Crippen LogP contribution in [-0.4, -0.2) is 95.0 Å². The SMILES string of the molecule is CN(CCN(C1CCOCC1)C1CCCN(C(=O)C2CC2)C1)C(=O)c1ccncn1. The van der Waals surface area contributed by atoms with Gasteiger partial charge in [-0.25, -0.2) is 9.97 Å². The fourth-order valence-corrected chi connectivity index (χ4v) is 4.67. The highest BCUT2D eigenvalue weighted by Crippen LogP contribution is 2.33. The van der Waals surface area contributed by atoms with E-state index in [2.05, 4.69) is 19.8 Å². The Kier molecular flexibility index (Phi) is 6.94. The molecular weight excluding hydrogens is 382 g/mol. The zero-order valence-electron chi connectivity index (χ0n) is 17.9. The van der Waals surface area contributed by atoms with Crippen LogP contribution in [0.4, 0.5) is 0 Å². The van der Waals surface area contributed by atoms with Gasteiger partial charge in [0.25, 0.3) is 5.91 Å². The number of piperidine rings is 1. The molecule has 0 spiro atoms. The summed E-state index contributed by atoms with van der Waals surface area (Å²) in [5.41, 5.74) is 0.420. The van der Waals surface area contributed by atoms with Crippen molar-refractivity contribution in [2.24, 2.45) is 5.92 Å². The van der Waals surface area contributed by atoms with Gasteiger partial charge in [0.2, 0.25) is 5.91 Å². The number of hydrogen-bond acceptors (Lipinski definition) is 6. The van der Waals surface area contributed by atoms with Gasteiger partial charge in [0.05, 0.1) is 0 Å². The molecule has 8 heteroatoms. The van der Waals surface area contributed by atoms with E-state index in [1.807, 2.05) is 7.05 Å². The summed E-state index contributed by atoms with van der Waals surface area (Å²) in [7, 11) is 1.83. The fraction of sp³-hybridized carbons (Fsp3) is 0.727. The van der Waals surface area contributed by atoms with Crippen LogP contribution in [0.2, 0.25) is 0 Å². The minimum atomic E-state index is -0.0847. The van der Waals surface area contributed by atoms with E-state index in [0.29, 0.717) is 30.2 Å². The Bertz CT molecular complexity index is 721. The second-order valence-electron chi connectivity index (χ2n) is 8.76. The molecule has 164 valence electrons. The van der Waals surface area contributed by atoms with Crippen LogP contribution in [0.1, 0.15) is 49.0 Å². The number of likely N-dealkylation sites (N-methyl/N-ethyl adjacent to an activating group) is 1. The molecule has 0 aromatic carbocycles. The maximum absolute atomic E-state index is 12.7. The van der Waals surface area contributed by atoms with E-state index in [4.69, 9.17) is 4.74 Å². The molecule has 1 aliphatic carbocycles. The van der Waals surface area contributed by atoms with Crippen molar-refractivity contribution in [3.8, 4) is 0 Å². The summed E-state index contributed by atoms with van der Waals surface area (Å²) >= 11 is 0. The predicted molar refractivity (Wildman–Crippen MR) is 112 cm³/mol. The molecule has 30 heavy (non-hydrogen) atoms. The van der Waals surface area contributed by atoms with Gasteiger partial charge < -0.3 is 14.5 Å². The number of nitrogens with zero attached hydrogens (tertiary/aromatic N) is 5. The lowest BCUT2D eigenvalue weighted by Gasteiger charge is -2.44. The average molecular weight is 416 g/mol. The summed E-state index contributed by atoms with van der Waals surface area (Å²) in [6, 6.07) is 2.45. The summed E-state index contributed by atoms with van der Waals surface area (Å²) in [5.74, 6) is 0.540. The third-order valence-corrected chi connectivity index (χ3v) is 6.61. The summed E-state index contributed by atoms with van der Waals surface area (Å²) in [6.45, 7) is 4.71. The Hall–Kier alpha value is -2.06. The molecule has 0 radical (unpaired) electrons. The molecule has 1 aromatic heterocycles. The van der Waals surface area contributed by atoms with Gasteiger partial charge in [-0.2, -0.15) is 0 Å². The molecule has 3 heterocycles. The molecule has 4 rings (SSSR count). The first-order valence-electron chi connectivity index (χ1n) is 11.3. The third-order valence-electron chi connectivity index (χ3n) is 6.61. The molecule has 1 aromatic rings. The second-order valence-corrected chi connectivity index (χ2v) is 8.76. The van der Waals surface area contributed by atoms with Gasteiger partial charge >= 0.3 is 0 Å². The Morgan fingerprint density at radius 3 is 2.63 bits per heavy atom. The Morgan fingerprint density at radius 1 is 1.13 bits per heavy atom. The standard InChI is InChI=1S/C22H33N5O3/c1-25(22(29)20-6-9-23-16-24-20)11-12-27(18-7-13-30-14-8-18)19-3-2-10-26(15-19)21(28)17-4-5-17/h6,9,16-19H,2-5,7-8,10-15H2,1H3. The average Bonchev–Trinajstić information content (AvgIpc) is 3.65. The second kappa shape index (κ2) is 9.83. The van der Waals surface area contributed by atoms with E-state index in [9.17, 15) is 9.59 Å². The minimum Gasteiger partial charge on any atom is -0.381 e. The topological polar surface area (TPSA) is 78.9 Å². The first kappa shape index (κ1) is 21.2. The molecule has 3 aliphatic rings. The van der Waals surface area contributed by atoms with E-state index >= 15 is 0 Å². The molecule has 1 atom stereocenters. The van der Waals surface area contributed by atoms with Crippen LogP contribution in [0.3, 0.4) is 0 Å². The largest absolute Gasteiger partial charge is 0.381 e. The smallest absolute Gasteiger partial charge is 0.272 e. The predicted octanol–water partition coefficient (Wildman–Crippen LogP) is 1.43. The summed E-state index contributed by atoms with van der Waals surface area (Å²) in [4.78, 5) is 39.7. The molecule has 2 amide bonds. The van der Waals surface area contributed by atoms with Gasteiger partial charge in [0, 0.05) is 70.6 Å². The van der Waals surface area contributed by atoms with Gasteiger partial charge in [-0.05, 0) is 44.6 Å². The number of aromatic nitrogens is 2. The highest BCUT2D eigenvalue weighted by molar-refractivity contribution is 5.91. The van der Waals surface area contributed by atoms with Crippen LogP contribution in [0.25, 0.3) is 0 Å². The normalized spacial score (nSPS) is 22.9. The number of amides is 2. The molecule has 1 unspecified atom stereocenters. The van der Waals surface area contributed by atoms with Crippen molar-refractivity contribution in [3.05, 3.63) is 24.3 Å². The summed E-state index contributed by atoms with van der Waals surface area (Å²) in [5, 5.41) is 0. The van der Waals surface area contributed by atoms with Crippen molar-refractivity contribution in [3.63, 3.8) is 0 Å². The quantitative estimate of drug-likeness (QED) is 0.670. The van der Waals surface area contributed by atoms with Crippen LogP contribution in [-0.2, 0) is 9.53 Å². The first-order chi connectivity index (χ1) is 14.6. The van der Waals surface area contributed by atoms with Crippen molar-refractivity contribution in [2.75, 3.05) is 46.4 Å². The number of hydrogen-bond donors (Lipinski definition) is 0. The zero-order chi connectivity index (χ0) is 20.9. The summed E-state index contributed by atoms with van der Waals surface area (Å²) < 4.78 is 5.59. The van der Waals surface area contributed by atoms with Crippen LogP contribution in [0.5, 0.6) is 0 Å². The number of carbonyl (C=O) groups excluding carboxylic acids is 2. The molecular formula is C22H33N5O3. The van der Waals surface area contributed by atoms with Gasteiger partial charge in [-0.1, -0.05) is 0 Å². The van der Waals surface area contributed by atoms with Crippen molar-refractivity contribution in [2.45, 2.75) is 50.6 Å². The molecule has 1 saturated carbocycles. The van der Waals surface area contributed by atoms with Crippen LogP contribution < -0.4 is 0 Å². The number of ether oxygens (including phenoxy) is 1. The number of rotatable bonds is 7. The molecule has 8 nitrogen and oxygen atoms in total. The highest BCUT2D eigenvalue weighted by atomic mass is 16.5. The maximum Gasteiger partial charge on any atom is 0.272 e. The van der Waals surface area contributed by atoms with E-state index in [1.165, 1.54) is 6.33 Å². The molecule has 2 aliphatic heterocycles. The van der Waals surface area contributed by atoms with E-state index in [-0.39, 0.29) is 11.8 Å². The van der Waals surface area contributed by atoms with Crippen molar-refractivity contribution >= 4 is 11.8 Å². The van der Waals surface area contributed by atoms with Gasteiger partial charge in [-0.3, -0.25) is 14.5 Å². The zero-order valence-corrected chi connectivity index (χ0v) is 17.9. The third kappa shape index (κ3) is 5.16. The molecule has 0 bridgehead atoms.